The van der Waals surface area contributed by atoms with Gasteiger partial charge in [-0.2, -0.15) is 0 Å². The van der Waals surface area contributed by atoms with Gasteiger partial charge in [-0.1, -0.05) is 6.07 Å². The molecule has 1 N–H and O–H groups in total. The van der Waals surface area contributed by atoms with Crippen LogP contribution in [0.5, 0.6) is 11.5 Å². The van der Waals surface area contributed by atoms with E-state index >= 15 is 0 Å². The molecule has 1 fully saturated rings. The first-order valence-electron chi connectivity index (χ1n) is 8.46. The molecule has 1 heterocycles. The number of carbonyl (C=O) groups is 2. The molecule has 26 heavy (non-hydrogen) atoms. The van der Waals surface area contributed by atoms with Gasteiger partial charge in [0.15, 0.2) is 17.3 Å². The quantitative estimate of drug-likeness (QED) is 0.782. The van der Waals surface area contributed by atoms with E-state index in [1.807, 2.05) is 18.2 Å². The van der Waals surface area contributed by atoms with Crippen LogP contribution in [0.2, 0.25) is 0 Å². The number of aliphatic hydroxyl groups is 1. The van der Waals surface area contributed by atoms with Gasteiger partial charge in [-0.05, 0) is 54.8 Å². The molecule has 138 valence electrons. The van der Waals surface area contributed by atoms with E-state index in [0.29, 0.717) is 24.5 Å². The van der Waals surface area contributed by atoms with E-state index in [4.69, 9.17) is 14.2 Å². The third-order valence-corrected chi connectivity index (χ3v) is 4.88. The van der Waals surface area contributed by atoms with Crippen LogP contribution >= 0.6 is 0 Å². The molecule has 2 aliphatic rings. The molecule has 0 unspecified atom stereocenters. The summed E-state index contributed by atoms with van der Waals surface area (Å²) in [6.07, 6.45) is 6.32. The van der Waals surface area contributed by atoms with Crippen LogP contribution in [0.4, 0.5) is 0 Å². The Morgan fingerprint density at radius 1 is 1.15 bits per heavy atom. The number of benzene rings is 1. The number of methoxy groups -OCH3 is 2. The highest BCUT2D eigenvalue weighted by Gasteiger charge is 2.41. The van der Waals surface area contributed by atoms with E-state index in [9.17, 15) is 14.7 Å². The van der Waals surface area contributed by atoms with Crippen LogP contribution in [0.3, 0.4) is 0 Å². The van der Waals surface area contributed by atoms with Crippen LogP contribution in [0.25, 0.3) is 0 Å². The minimum atomic E-state index is -1.31. The van der Waals surface area contributed by atoms with E-state index in [1.54, 1.807) is 14.2 Å². The maximum atomic E-state index is 12.2. The number of esters is 1. The lowest BCUT2D eigenvalue weighted by atomic mass is 9.80. The van der Waals surface area contributed by atoms with Crippen LogP contribution < -0.4 is 9.47 Å². The van der Waals surface area contributed by atoms with E-state index < -0.39 is 11.5 Å². The summed E-state index contributed by atoms with van der Waals surface area (Å²) in [5.74, 6) is 0.262. The standard InChI is InChI=1S/C20H22O6/c1-24-17-4-3-13(10-18(17)25-2)9-14-12-26-19(22)16(14)11-20(23)7-5-15(21)6-8-20/h3-8,10,14,16,23H,9,11-12H2,1-2H3/t14-,16+/m0/s1. The fourth-order valence-corrected chi connectivity index (χ4v) is 3.42. The third kappa shape index (κ3) is 3.80. The third-order valence-electron chi connectivity index (χ3n) is 4.88. The van der Waals surface area contributed by atoms with Crippen molar-refractivity contribution in [3.63, 3.8) is 0 Å². The number of carbonyl (C=O) groups excluding carboxylic acids is 2. The zero-order chi connectivity index (χ0) is 18.7. The average Bonchev–Trinajstić information content (AvgIpc) is 2.97. The highest BCUT2D eigenvalue weighted by atomic mass is 16.5. The topological polar surface area (TPSA) is 82.1 Å². The second-order valence-corrected chi connectivity index (χ2v) is 6.65. The maximum Gasteiger partial charge on any atom is 0.309 e. The minimum Gasteiger partial charge on any atom is -0.493 e. The first-order chi connectivity index (χ1) is 12.4. The molecule has 0 spiro atoms. The maximum absolute atomic E-state index is 12.2. The lowest BCUT2D eigenvalue weighted by molar-refractivity contribution is -0.142. The lowest BCUT2D eigenvalue weighted by Gasteiger charge is -2.26. The fourth-order valence-electron chi connectivity index (χ4n) is 3.42. The Bertz CT molecular complexity index is 748. The van der Waals surface area contributed by atoms with E-state index in [1.165, 1.54) is 24.3 Å². The zero-order valence-electron chi connectivity index (χ0n) is 14.8. The van der Waals surface area contributed by atoms with Gasteiger partial charge in [0, 0.05) is 5.92 Å². The molecule has 6 nitrogen and oxygen atoms in total. The van der Waals surface area contributed by atoms with Crippen molar-refractivity contribution in [2.24, 2.45) is 11.8 Å². The summed E-state index contributed by atoms with van der Waals surface area (Å²) in [5.41, 5.74) is -0.314. The van der Waals surface area contributed by atoms with Crippen molar-refractivity contribution in [3.8, 4) is 11.5 Å². The van der Waals surface area contributed by atoms with Crippen LogP contribution in [0.15, 0.2) is 42.5 Å². The second kappa shape index (κ2) is 7.33. The van der Waals surface area contributed by atoms with Crippen molar-refractivity contribution < 1.29 is 28.9 Å². The van der Waals surface area contributed by atoms with Crippen molar-refractivity contribution in [3.05, 3.63) is 48.1 Å². The summed E-state index contributed by atoms with van der Waals surface area (Å²) in [6, 6.07) is 5.63. The van der Waals surface area contributed by atoms with Crippen LogP contribution in [-0.2, 0) is 20.7 Å². The SMILES string of the molecule is COc1ccc(C[C@H]2COC(=O)[C@@H]2CC2(O)C=CC(=O)C=C2)cc1OC. The van der Waals surface area contributed by atoms with E-state index in [0.717, 1.165) is 5.56 Å². The van der Waals surface area contributed by atoms with Crippen molar-refractivity contribution in [1.82, 2.24) is 0 Å². The van der Waals surface area contributed by atoms with Gasteiger partial charge >= 0.3 is 5.97 Å². The summed E-state index contributed by atoms with van der Waals surface area (Å²) in [7, 11) is 3.15. The number of ether oxygens (including phenoxy) is 3. The Labute approximate surface area is 152 Å². The smallest absolute Gasteiger partial charge is 0.309 e. The molecule has 1 saturated heterocycles. The number of hydrogen-bond donors (Lipinski definition) is 1. The molecule has 1 aromatic carbocycles. The Balaban J connectivity index is 1.75. The predicted molar refractivity (Wildman–Crippen MR) is 94.0 cm³/mol. The Morgan fingerprint density at radius 2 is 1.85 bits per heavy atom. The number of ketones is 1. The molecule has 3 rings (SSSR count). The molecule has 2 atom stereocenters. The highest BCUT2D eigenvalue weighted by Crippen LogP contribution is 2.36. The number of hydrogen-bond acceptors (Lipinski definition) is 6. The molecule has 1 aliphatic heterocycles. The summed E-state index contributed by atoms with van der Waals surface area (Å²) in [5, 5.41) is 10.6. The first-order valence-corrected chi connectivity index (χ1v) is 8.46. The van der Waals surface area contributed by atoms with Crippen LogP contribution in [0, 0.1) is 11.8 Å². The summed E-state index contributed by atoms with van der Waals surface area (Å²) in [6.45, 7) is 0.306. The monoisotopic (exact) mass is 358 g/mol. The number of allylic oxidation sites excluding steroid dienone is 2. The Morgan fingerprint density at radius 3 is 2.50 bits per heavy atom. The Hall–Kier alpha value is -2.60. The van der Waals surface area contributed by atoms with Crippen molar-refractivity contribution in [2.45, 2.75) is 18.4 Å². The average molecular weight is 358 g/mol. The molecule has 1 aromatic rings. The van der Waals surface area contributed by atoms with Crippen molar-refractivity contribution >= 4 is 11.8 Å². The number of rotatable bonds is 6. The molecular formula is C20H22O6. The van der Waals surface area contributed by atoms with Crippen LogP contribution in [-0.4, -0.2) is 43.3 Å². The minimum absolute atomic E-state index is 0.0657. The van der Waals surface area contributed by atoms with Gasteiger partial charge in [0.25, 0.3) is 0 Å². The summed E-state index contributed by atoms with van der Waals surface area (Å²) < 4.78 is 15.8. The first kappa shape index (κ1) is 18.2. The molecule has 1 aliphatic carbocycles. The highest BCUT2D eigenvalue weighted by molar-refractivity contribution is 6.00. The lowest BCUT2D eigenvalue weighted by Crippen LogP contribution is -2.33. The van der Waals surface area contributed by atoms with Gasteiger partial charge < -0.3 is 19.3 Å². The van der Waals surface area contributed by atoms with Gasteiger partial charge in [-0.25, -0.2) is 0 Å². The van der Waals surface area contributed by atoms with E-state index in [2.05, 4.69) is 0 Å². The normalized spacial score (nSPS) is 23.8. The summed E-state index contributed by atoms with van der Waals surface area (Å²) in [4.78, 5) is 23.5. The molecule has 0 bridgehead atoms. The Kier molecular flexibility index (Phi) is 5.13. The summed E-state index contributed by atoms with van der Waals surface area (Å²) >= 11 is 0. The molecular weight excluding hydrogens is 336 g/mol. The van der Waals surface area contributed by atoms with Gasteiger partial charge in [0.05, 0.1) is 26.7 Å². The predicted octanol–water partition coefficient (Wildman–Crippen LogP) is 1.85. The van der Waals surface area contributed by atoms with Crippen molar-refractivity contribution in [1.29, 1.82) is 0 Å². The van der Waals surface area contributed by atoms with E-state index in [-0.39, 0.29) is 24.1 Å². The molecule has 0 amide bonds. The molecule has 0 aromatic heterocycles. The zero-order valence-corrected chi connectivity index (χ0v) is 14.8. The number of cyclic esters (lactones) is 1. The molecule has 0 radical (unpaired) electrons. The van der Waals surface area contributed by atoms with Gasteiger partial charge in [-0.3, -0.25) is 9.59 Å². The molecule has 0 saturated carbocycles. The van der Waals surface area contributed by atoms with Crippen LogP contribution in [0.1, 0.15) is 12.0 Å². The second-order valence-electron chi connectivity index (χ2n) is 6.65. The van der Waals surface area contributed by atoms with Gasteiger partial charge in [0.1, 0.15) is 5.60 Å². The van der Waals surface area contributed by atoms with Crippen molar-refractivity contribution in [2.75, 3.05) is 20.8 Å². The van der Waals surface area contributed by atoms with Gasteiger partial charge in [-0.15, -0.1) is 0 Å². The van der Waals surface area contributed by atoms with Gasteiger partial charge in [0.2, 0.25) is 0 Å². The molecule has 6 heteroatoms. The largest absolute Gasteiger partial charge is 0.493 e. The fraction of sp³-hybridized carbons (Fsp3) is 0.400.